The maximum absolute atomic E-state index is 11.4. The van der Waals surface area contributed by atoms with Crippen molar-refractivity contribution in [3.63, 3.8) is 0 Å². The molecule has 0 aromatic carbocycles. The zero-order chi connectivity index (χ0) is 10.5. The van der Waals surface area contributed by atoms with E-state index < -0.39 is 5.54 Å². The molecule has 0 rings (SSSR count). The van der Waals surface area contributed by atoms with Gasteiger partial charge in [0.1, 0.15) is 5.54 Å². The fourth-order valence-corrected chi connectivity index (χ4v) is 0.888. The maximum Gasteiger partial charge on any atom is 0.248 e. The minimum absolute atomic E-state index is 0.156. The zero-order valence-corrected chi connectivity index (χ0v) is 8.64. The average molecular weight is 180 g/mol. The molecule has 0 radical (unpaired) electrons. The number of nitrogens with zero attached hydrogens (tertiary/aromatic N) is 1. The van der Waals surface area contributed by atoms with Crippen molar-refractivity contribution in [3.05, 3.63) is 11.6 Å². The second-order valence-electron chi connectivity index (χ2n) is 3.36. The highest BCUT2D eigenvalue weighted by atomic mass is 16.1. The van der Waals surface area contributed by atoms with Crippen LogP contribution >= 0.6 is 0 Å². The first-order chi connectivity index (χ1) is 5.96. The predicted molar refractivity (Wildman–Crippen MR) is 51.9 cm³/mol. The van der Waals surface area contributed by atoms with Crippen molar-refractivity contribution in [1.82, 2.24) is 5.32 Å². The van der Waals surface area contributed by atoms with Crippen LogP contribution in [0.1, 0.15) is 34.1 Å². The van der Waals surface area contributed by atoms with Crippen LogP contribution in [0.15, 0.2) is 11.6 Å². The molecule has 3 nitrogen and oxygen atoms in total. The molecule has 0 aliphatic carbocycles. The van der Waals surface area contributed by atoms with Gasteiger partial charge in [-0.3, -0.25) is 4.79 Å². The van der Waals surface area contributed by atoms with E-state index in [2.05, 4.69) is 5.32 Å². The van der Waals surface area contributed by atoms with Crippen molar-refractivity contribution in [3.8, 4) is 6.07 Å². The third-order valence-electron chi connectivity index (χ3n) is 1.73. The molecule has 0 unspecified atom stereocenters. The zero-order valence-electron chi connectivity index (χ0n) is 8.64. The van der Waals surface area contributed by atoms with E-state index in [4.69, 9.17) is 5.26 Å². The molecule has 0 saturated heterocycles. The minimum Gasteiger partial charge on any atom is -0.334 e. The molecule has 1 N–H and O–H groups in total. The number of carbonyl (C=O) groups excluding carboxylic acids is 1. The highest BCUT2D eigenvalue weighted by Gasteiger charge is 2.20. The summed E-state index contributed by atoms with van der Waals surface area (Å²) in [5.74, 6) is -0.156. The van der Waals surface area contributed by atoms with Crippen molar-refractivity contribution in [2.45, 2.75) is 39.7 Å². The number of carbonyl (C=O) groups is 1. The molecular formula is C10H16N2O. The van der Waals surface area contributed by atoms with E-state index in [9.17, 15) is 4.79 Å². The van der Waals surface area contributed by atoms with Crippen LogP contribution in [0.3, 0.4) is 0 Å². The lowest BCUT2D eigenvalue weighted by Gasteiger charge is -2.18. The molecule has 0 aromatic heterocycles. The normalized spacial score (nSPS) is 12.1. The molecule has 0 aromatic rings. The van der Waals surface area contributed by atoms with Gasteiger partial charge in [0.25, 0.3) is 0 Å². The fraction of sp³-hybridized carbons (Fsp3) is 0.600. The van der Waals surface area contributed by atoms with E-state index in [-0.39, 0.29) is 5.91 Å². The molecule has 0 bridgehead atoms. The van der Waals surface area contributed by atoms with Crippen LogP contribution in [0, 0.1) is 11.3 Å². The van der Waals surface area contributed by atoms with Gasteiger partial charge in [0.05, 0.1) is 6.07 Å². The molecule has 0 saturated carbocycles. The van der Waals surface area contributed by atoms with E-state index in [0.29, 0.717) is 12.0 Å². The quantitative estimate of drug-likeness (QED) is 0.673. The molecule has 13 heavy (non-hydrogen) atoms. The molecule has 3 heteroatoms. The first kappa shape index (κ1) is 11.7. The summed E-state index contributed by atoms with van der Waals surface area (Å²) >= 11 is 0. The van der Waals surface area contributed by atoms with Crippen molar-refractivity contribution in [1.29, 1.82) is 5.26 Å². The van der Waals surface area contributed by atoms with E-state index in [1.165, 1.54) is 0 Å². The van der Waals surface area contributed by atoms with Gasteiger partial charge in [-0.1, -0.05) is 13.0 Å². The molecule has 1 amide bonds. The lowest BCUT2D eigenvalue weighted by Crippen LogP contribution is -2.42. The standard InChI is InChI=1S/C10H16N2O/c1-5-8(6-2)9(13)12-10(3,4)7-11/h5H,6H2,1-4H3,(H,12,13)/b8-5-. The Balaban J connectivity index is 4.42. The van der Waals surface area contributed by atoms with Gasteiger partial charge >= 0.3 is 0 Å². The Kier molecular flexibility index (Phi) is 4.19. The van der Waals surface area contributed by atoms with Crippen LogP contribution < -0.4 is 5.32 Å². The summed E-state index contributed by atoms with van der Waals surface area (Å²) in [6.07, 6.45) is 2.45. The largest absolute Gasteiger partial charge is 0.334 e. The molecule has 0 aliphatic heterocycles. The molecule has 0 atom stereocenters. The van der Waals surface area contributed by atoms with Gasteiger partial charge in [-0.05, 0) is 27.2 Å². The number of hydrogen-bond acceptors (Lipinski definition) is 2. The van der Waals surface area contributed by atoms with Gasteiger partial charge in [-0.15, -0.1) is 0 Å². The van der Waals surface area contributed by atoms with Gasteiger partial charge in [-0.2, -0.15) is 5.26 Å². The SMILES string of the molecule is C/C=C(/CC)C(=O)NC(C)(C)C#N. The molecular weight excluding hydrogens is 164 g/mol. The maximum atomic E-state index is 11.4. The van der Waals surface area contributed by atoms with E-state index in [1.54, 1.807) is 19.9 Å². The number of nitrogens with one attached hydrogen (secondary N) is 1. The van der Waals surface area contributed by atoms with Crippen LogP contribution in [-0.4, -0.2) is 11.4 Å². The highest BCUT2D eigenvalue weighted by molar-refractivity contribution is 5.93. The average Bonchev–Trinajstić information content (AvgIpc) is 2.06. The number of nitriles is 1. The number of rotatable bonds is 3. The fourth-order valence-electron chi connectivity index (χ4n) is 0.888. The lowest BCUT2D eigenvalue weighted by molar-refractivity contribution is -0.118. The Morgan fingerprint density at radius 3 is 2.46 bits per heavy atom. The van der Waals surface area contributed by atoms with Gasteiger partial charge in [-0.25, -0.2) is 0 Å². The monoisotopic (exact) mass is 180 g/mol. The summed E-state index contributed by atoms with van der Waals surface area (Å²) in [7, 11) is 0. The smallest absolute Gasteiger partial charge is 0.248 e. The summed E-state index contributed by atoms with van der Waals surface area (Å²) in [4.78, 5) is 11.4. The Morgan fingerprint density at radius 1 is 1.62 bits per heavy atom. The molecule has 0 heterocycles. The van der Waals surface area contributed by atoms with Crippen LogP contribution in [-0.2, 0) is 4.79 Å². The van der Waals surface area contributed by atoms with Crippen molar-refractivity contribution in [2.24, 2.45) is 0 Å². The molecule has 0 aliphatic rings. The molecule has 0 spiro atoms. The summed E-state index contributed by atoms with van der Waals surface area (Å²) in [6, 6.07) is 2.02. The van der Waals surface area contributed by atoms with Gasteiger partial charge < -0.3 is 5.32 Å². The van der Waals surface area contributed by atoms with E-state index in [1.807, 2.05) is 19.9 Å². The van der Waals surface area contributed by atoms with Gasteiger partial charge in [0.2, 0.25) is 5.91 Å². The van der Waals surface area contributed by atoms with Crippen LogP contribution in [0.5, 0.6) is 0 Å². The summed E-state index contributed by atoms with van der Waals surface area (Å²) in [5.41, 5.74) is -0.0797. The Morgan fingerprint density at radius 2 is 2.15 bits per heavy atom. The van der Waals surface area contributed by atoms with E-state index >= 15 is 0 Å². The second-order valence-corrected chi connectivity index (χ2v) is 3.36. The first-order valence-corrected chi connectivity index (χ1v) is 4.35. The summed E-state index contributed by atoms with van der Waals surface area (Å²) in [6.45, 7) is 7.08. The highest BCUT2D eigenvalue weighted by Crippen LogP contribution is 2.05. The Labute approximate surface area is 79.4 Å². The second kappa shape index (κ2) is 4.66. The minimum atomic E-state index is -0.791. The number of allylic oxidation sites excluding steroid dienone is 1. The van der Waals surface area contributed by atoms with Crippen LogP contribution in [0.4, 0.5) is 0 Å². The summed E-state index contributed by atoms with van der Waals surface area (Å²) in [5, 5.41) is 11.3. The number of amides is 1. The van der Waals surface area contributed by atoms with Crippen LogP contribution in [0.2, 0.25) is 0 Å². The lowest BCUT2D eigenvalue weighted by atomic mass is 10.1. The first-order valence-electron chi connectivity index (χ1n) is 4.35. The molecule has 72 valence electrons. The van der Waals surface area contributed by atoms with Gasteiger partial charge in [0.15, 0.2) is 0 Å². The Hall–Kier alpha value is -1.30. The van der Waals surface area contributed by atoms with Gasteiger partial charge in [0, 0.05) is 5.57 Å². The predicted octanol–water partition coefficient (Wildman–Crippen LogP) is 1.76. The topological polar surface area (TPSA) is 52.9 Å². The van der Waals surface area contributed by atoms with Crippen molar-refractivity contribution in [2.75, 3.05) is 0 Å². The number of hydrogen-bond donors (Lipinski definition) is 1. The Bertz CT molecular complexity index is 259. The van der Waals surface area contributed by atoms with Crippen molar-refractivity contribution < 1.29 is 4.79 Å². The molecule has 0 fully saturated rings. The van der Waals surface area contributed by atoms with Crippen LogP contribution in [0.25, 0.3) is 0 Å². The van der Waals surface area contributed by atoms with Crippen molar-refractivity contribution >= 4 is 5.91 Å². The van der Waals surface area contributed by atoms with E-state index in [0.717, 1.165) is 0 Å². The third-order valence-corrected chi connectivity index (χ3v) is 1.73. The third kappa shape index (κ3) is 3.75. The summed E-state index contributed by atoms with van der Waals surface area (Å²) < 4.78 is 0.